The molecule has 0 fully saturated rings. The maximum atomic E-state index is 12.0. The van der Waals surface area contributed by atoms with Crippen molar-refractivity contribution >= 4 is 30.9 Å². The van der Waals surface area contributed by atoms with Crippen LogP contribution in [0.2, 0.25) is 0 Å². The lowest BCUT2D eigenvalue weighted by molar-refractivity contribution is -0.733. The zero-order valence-electron chi connectivity index (χ0n) is 17.9. The van der Waals surface area contributed by atoms with E-state index in [1.165, 1.54) is 52.1 Å². The molecule has 5 rings (SSSR count). The zero-order chi connectivity index (χ0) is 24.8. The van der Waals surface area contributed by atoms with Gasteiger partial charge in [0.1, 0.15) is 10.6 Å². The Morgan fingerprint density at radius 1 is 0.800 bits per heavy atom. The minimum atomic E-state index is -4.55. The van der Waals surface area contributed by atoms with Gasteiger partial charge >= 0.3 is 5.82 Å². The van der Waals surface area contributed by atoms with Crippen LogP contribution in [0.25, 0.3) is 33.5 Å². The van der Waals surface area contributed by atoms with Crippen LogP contribution >= 0.6 is 0 Å². The molecule has 10 nitrogen and oxygen atoms in total. The van der Waals surface area contributed by atoms with E-state index in [1.807, 2.05) is 42.5 Å². The Balaban J connectivity index is 1.79. The number of rotatable bonds is 5. The number of benzene rings is 4. The maximum Gasteiger partial charge on any atom is 0.341 e. The Bertz CT molecular complexity index is 1790. The summed E-state index contributed by atoms with van der Waals surface area (Å²) in [6.07, 6.45) is 0. The van der Waals surface area contributed by atoms with E-state index >= 15 is 0 Å². The van der Waals surface area contributed by atoms with Crippen LogP contribution in [0.3, 0.4) is 0 Å². The van der Waals surface area contributed by atoms with Crippen LogP contribution in [0, 0.1) is 0 Å². The lowest BCUT2D eigenvalue weighted by atomic mass is 10.1. The third-order valence-electron chi connectivity index (χ3n) is 5.34. The summed E-state index contributed by atoms with van der Waals surface area (Å²) in [6, 6.07) is 24.8. The van der Waals surface area contributed by atoms with E-state index in [-0.39, 0.29) is 21.2 Å². The van der Waals surface area contributed by atoms with E-state index in [2.05, 4.69) is 10.2 Å². The number of hydrogen-bond donors (Lipinski definition) is 2. The lowest BCUT2D eigenvalue weighted by Crippen LogP contribution is -2.43. The van der Waals surface area contributed by atoms with E-state index in [0.29, 0.717) is 11.4 Å². The summed E-state index contributed by atoms with van der Waals surface area (Å²) in [5.41, 5.74) is 1.18. The van der Waals surface area contributed by atoms with Crippen LogP contribution in [0.1, 0.15) is 0 Å². The number of nitrogens with zero attached hydrogens (tertiary/aromatic N) is 4. The molecular formula is C23H18N5O5S2+. The van der Waals surface area contributed by atoms with Crippen molar-refractivity contribution in [3.63, 3.8) is 0 Å². The number of nitrogens with two attached hydrogens (primary N) is 1. The average molecular weight is 509 g/mol. The second-order valence-corrected chi connectivity index (χ2v) is 10.6. The smallest absolute Gasteiger partial charge is 0.282 e. The van der Waals surface area contributed by atoms with Gasteiger partial charge < -0.3 is 0 Å². The number of fused-ring (bicyclic) bond motifs is 1. The Morgan fingerprint density at radius 3 is 2.17 bits per heavy atom. The number of primary sulfonamides is 1. The maximum absolute atomic E-state index is 12.0. The van der Waals surface area contributed by atoms with Gasteiger partial charge in [-0.1, -0.05) is 42.5 Å². The zero-order valence-corrected chi connectivity index (χ0v) is 19.6. The average Bonchev–Trinajstić information content (AvgIpc) is 3.28. The highest BCUT2D eigenvalue weighted by Crippen LogP contribution is 2.25. The standard InChI is InChI=1S/C23H17N5O5S2/c24-34(29,30)18-14-12-17(13-15-18)27-25-23(20-9-3-4-11-22(20)35(31,32)33)26-28(27)21-10-5-7-16-6-1-2-8-19(16)21/h1-15H,(H2-,24,29,30,31,32,33)/p+1. The van der Waals surface area contributed by atoms with Crippen LogP contribution in [-0.4, -0.2) is 36.4 Å². The molecular weight excluding hydrogens is 490 g/mol. The van der Waals surface area contributed by atoms with Crippen molar-refractivity contribution in [2.45, 2.75) is 9.79 Å². The molecule has 0 radical (unpaired) electrons. The van der Waals surface area contributed by atoms with E-state index in [1.54, 1.807) is 6.07 Å². The molecule has 0 aliphatic heterocycles. The topological polar surface area (TPSA) is 149 Å². The second-order valence-electron chi connectivity index (χ2n) is 7.61. The molecule has 1 heterocycles. The molecule has 0 aliphatic carbocycles. The predicted molar refractivity (Wildman–Crippen MR) is 127 cm³/mol. The third kappa shape index (κ3) is 4.31. The van der Waals surface area contributed by atoms with Crippen molar-refractivity contribution in [3.05, 3.63) is 91.0 Å². The molecule has 5 aromatic rings. The summed E-state index contributed by atoms with van der Waals surface area (Å²) in [7, 11) is -8.45. The predicted octanol–water partition coefficient (Wildman–Crippen LogP) is 2.26. The van der Waals surface area contributed by atoms with Crippen molar-refractivity contribution in [1.82, 2.24) is 15.0 Å². The van der Waals surface area contributed by atoms with Gasteiger partial charge in [-0.05, 0) is 63.8 Å². The van der Waals surface area contributed by atoms with E-state index in [9.17, 15) is 21.4 Å². The Labute approximate surface area is 200 Å². The first kappa shape index (κ1) is 22.8. The summed E-state index contributed by atoms with van der Waals surface area (Å²) < 4.78 is 57.1. The van der Waals surface area contributed by atoms with E-state index < -0.39 is 20.1 Å². The van der Waals surface area contributed by atoms with Gasteiger partial charge in [0, 0.05) is 10.2 Å². The monoisotopic (exact) mass is 508 g/mol. The van der Waals surface area contributed by atoms with Crippen molar-refractivity contribution in [2.75, 3.05) is 0 Å². The molecule has 12 heteroatoms. The number of aromatic nitrogens is 4. The summed E-state index contributed by atoms with van der Waals surface area (Å²) in [6.45, 7) is 0. The molecule has 0 unspecified atom stereocenters. The Hall–Kier alpha value is -3.97. The Morgan fingerprint density at radius 2 is 1.46 bits per heavy atom. The van der Waals surface area contributed by atoms with Gasteiger partial charge in [-0.2, -0.15) is 8.42 Å². The first-order valence-corrected chi connectivity index (χ1v) is 13.2. The number of hydrogen-bond acceptors (Lipinski definition) is 6. The summed E-state index contributed by atoms with van der Waals surface area (Å²) in [4.78, 5) is 2.47. The second kappa shape index (κ2) is 8.36. The lowest BCUT2D eigenvalue weighted by Gasteiger charge is -2.04. The van der Waals surface area contributed by atoms with Gasteiger partial charge in [0.15, 0.2) is 5.69 Å². The van der Waals surface area contributed by atoms with Gasteiger partial charge in [-0.25, -0.2) is 13.6 Å². The molecule has 0 saturated heterocycles. The molecule has 176 valence electrons. The first-order valence-electron chi connectivity index (χ1n) is 10.2. The minimum absolute atomic E-state index is 0.0293. The molecule has 0 atom stereocenters. The number of sulfonamides is 1. The highest BCUT2D eigenvalue weighted by molar-refractivity contribution is 7.89. The van der Waals surface area contributed by atoms with E-state index in [4.69, 9.17) is 5.14 Å². The molecule has 4 aromatic carbocycles. The van der Waals surface area contributed by atoms with E-state index in [0.717, 1.165) is 10.8 Å². The molecule has 3 N–H and O–H groups in total. The van der Waals surface area contributed by atoms with Gasteiger partial charge in [-0.3, -0.25) is 4.55 Å². The third-order valence-corrected chi connectivity index (χ3v) is 7.18. The SMILES string of the molecule is NS(=O)(=O)c1ccc(-n2nc(-c3ccccc3S(=O)(=O)O)n[n+]2-c2cccc3ccccc23)cc1. The fourth-order valence-corrected chi connectivity index (χ4v) is 4.95. The molecule has 0 aliphatic rings. The van der Waals surface area contributed by atoms with Crippen molar-refractivity contribution in [1.29, 1.82) is 0 Å². The van der Waals surface area contributed by atoms with Crippen molar-refractivity contribution in [3.8, 4) is 22.8 Å². The van der Waals surface area contributed by atoms with Crippen molar-refractivity contribution in [2.24, 2.45) is 5.14 Å². The first-order chi connectivity index (χ1) is 16.6. The van der Waals surface area contributed by atoms with Gasteiger partial charge in [-0.15, -0.1) is 0 Å². The van der Waals surface area contributed by atoms with Gasteiger partial charge in [0.2, 0.25) is 10.0 Å². The fraction of sp³-hybridized carbons (Fsp3) is 0. The Kier molecular flexibility index (Phi) is 5.44. The molecule has 0 amide bonds. The summed E-state index contributed by atoms with van der Waals surface area (Å²) in [5, 5.41) is 16.1. The summed E-state index contributed by atoms with van der Waals surface area (Å²) >= 11 is 0. The van der Waals surface area contributed by atoms with Gasteiger partial charge in [0.25, 0.3) is 10.1 Å². The van der Waals surface area contributed by atoms with Crippen LogP contribution in [0.15, 0.2) is 101 Å². The molecule has 0 saturated carbocycles. The molecule has 35 heavy (non-hydrogen) atoms. The van der Waals surface area contributed by atoms with Crippen molar-refractivity contribution < 1.29 is 26.2 Å². The van der Waals surface area contributed by atoms with Gasteiger partial charge in [0.05, 0.1) is 15.6 Å². The quantitative estimate of drug-likeness (QED) is 0.273. The normalized spacial score (nSPS) is 12.2. The highest BCUT2D eigenvalue weighted by Gasteiger charge is 2.29. The van der Waals surface area contributed by atoms with Crippen LogP contribution in [0.5, 0.6) is 0 Å². The molecule has 1 aromatic heterocycles. The minimum Gasteiger partial charge on any atom is -0.282 e. The summed E-state index contributed by atoms with van der Waals surface area (Å²) in [5.74, 6) is 0.0293. The number of tetrazole rings is 1. The van der Waals surface area contributed by atoms with Crippen LogP contribution < -0.4 is 9.94 Å². The fourth-order valence-electron chi connectivity index (χ4n) is 3.74. The van der Waals surface area contributed by atoms with Crippen LogP contribution in [0.4, 0.5) is 0 Å². The molecule has 0 spiro atoms. The van der Waals surface area contributed by atoms with Crippen LogP contribution in [-0.2, 0) is 20.1 Å². The molecule has 0 bridgehead atoms. The highest BCUT2D eigenvalue weighted by atomic mass is 32.2. The largest absolute Gasteiger partial charge is 0.341 e.